The van der Waals surface area contributed by atoms with Crippen LogP contribution in [0.2, 0.25) is 0 Å². The van der Waals surface area contributed by atoms with E-state index in [9.17, 15) is 43.8 Å². The van der Waals surface area contributed by atoms with E-state index in [2.05, 4.69) is 0 Å². The van der Waals surface area contributed by atoms with Crippen LogP contribution < -0.4 is 0 Å². The van der Waals surface area contributed by atoms with Crippen LogP contribution in [-0.2, 0) is 38.2 Å². The lowest BCUT2D eigenvalue weighted by Gasteiger charge is -2.41. The van der Waals surface area contributed by atoms with Crippen LogP contribution in [0.1, 0.15) is 53.4 Å². The molecule has 33 heavy (non-hydrogen) atoms. The van der Waals surface area contributed by atoms with E-state index in [1.165, 1.54) is 27.7 Å². The number of ether oxygens (including phenoxy) is 2. The van der Waals surface area contributed by atoms with Gasteiger partial charge in [0.05, 0.1) is 0 Å². The van der Waals surface area contributed by atoms with Gasteiger partial charge in [-0.1, -0.05) is 27.7 Å². The first kappa shape index (κ1) is 27.5. The second-order valence-corrected chi connectivity index (χ2v) is 7.60. The molecule has 0 unspecified atom stereocenters. The third-order valence-corrected chi connectivity index (χ3v) is 6.23. The first-order valence-electron chi connectivity index (χ1n) is 10.2. The number of nitrogens with zero attached hydrogens (tertiary/aromatic N) is 2. The molecule has 13 heteroatoms. The van der Waals surface area contributed by atoms with Crippen LogP contribution in [-0.4, -0.2) is 81.6 Å². The van der Waals surface area contributed by atoms with Gasteiger partial charge in [0, 0.05) is 14.1 Å². The van der Waals surface area contributed by atoms with Gasteiger partial charge in [-0.2, -0.15) is 0 Å². The highest BCUT2D eigenvalue weighted by Gasteiger charge is 2.66. The fraction of sp³-hybridized carbons (Fsp3) is 0.650. The maximum Gasteiger partial charge on any atom is 0.420 e. The van der Waals surface area contributed by atoms with Crippen molar-refractivity contribution in [2.75, 3.05) is 14.1 Å². The van der Waals surface area contributed by atoms with E-state index < -0.39 is 58.3 Å². The van der Waals surface area contributed by atoms with Crippen LogP contribution in [0.15, 0.2) is 0 Å². The van der Waals surface area contributed by atoms with Crippen LogP contribution in [0.3, 0.4) is 0 Å². The first-order chi connectivity index (χ1) is 15.2. The van der Waals surface area contributed by atoms with Gasteiger partial charge in [-0.25, -0.2) is 4.79 Å². The Morgan fingerprint density at radius 2 is 1.00 bits per heavy atom. The van der Waals surface area contributed by atoms with Gasteiger partial charge >= 0.3 is 47.5 Å². The molecule has 0 spiro atoms. The molecule has 1 heterocycles. The fourth-order valence-electron chi connectivity index (χ4n) is 3.44. The average Bonchev–Trinajstić information content (AvgIpc) is 2.77. The molecule has 4 amide bonds. The topological polar surface area (TPSA) is 185 Å². The summed E-state index contributed by atoms with van der Waals surface area (Å²) < 4.78 is 10.1. The molecular weight excluding hydrogens is 444 g/mol. The molecule has 1 saturated heterocycles. The van der Waals surface area contributed by atoms with Gasteiger partial charge < -0.3 is 19.7 Å². The summed E-state index contributed by atoms with van der Waals surface area (Å²) in [7, 11) is 1.83. The zero-order valence-electron chi connectivity index (χ0n) is 19.3. The molecule has 1 rings (SSSR count). The van der Waals surface area contributed by atoms with Crippen molar-refractivity contribution in [2.24, 2.45) is 10.8 Å². The third-order valence-electron chi connectivity index (χ3n) is 6.23. The van der Waals surface area contributed by atoms with Crippen molar-refractivity contribution in [1.29, 1.82) is 0 Å². The highest BCUT2D eigenvalue weighted by molar-refractivity contribution is 6.22. The van der Waals surface area contributed by atoms with Crippen LogP contribution >= 0.6 is 0 Å². The van der Waals surface area contributed by atoms with E-state index in [0.29, 0.717) is 9.80 Å². The summed E-state index contributed by atoms with van der Waals surface area (Å²) in [6, 6.07) is -1.14. The monoisotopic (exact) mass is 472 g/mol. The molecule has 0 bridgehead atoms. The van der Waals surface area contributed by atoms with E-state index in [0.717, 1.165) is 14.1 Å². The molecule has 1 aliphatic heterocycles. The summed E-state index contributed by atoms with van der Waals surface area (Å²) in [5, 5.41) is 19.2. The second kappa shape index (κ2) is 9.55. The molecule has 0 aromatic rings. The van der Waals surface area contributed by atoms with Crippen LogP contribution in [0.25, 0.3) is 0 Å². The Balaban J connectivity index is 3.75. The predicted octanol–water partition coefficient (Wildman–Crippen LogP) is 0.602. The SMILES string of the molecule is CCC(CC)(C(=O)O)C(=O)OC1(OC(=O)C(CC)(CC)C(=O)O)C(=O)N(C)C(=O)N(C)C1=O. The zero-order chi connectivity index (χ0) is 25.9. The lowest BCUT2D eigenvalue weighted by Crippen LogP contribution is -2.71. The number of esters is 2. The van der Waals surface area contributed by atoms with E-state index in [-0.39, 0.29) is 25.7 Å². The number of carboxylic acid groups (broad SMARTS) is 2. The molecule has 0 aliphatic carbocycles. The Morgan fingerprint density at radius 1 is 0.727 bits per heavy atom. The van der Waals surface area contributed by atoms with E-state index in [4.69, 9.17) is 9.47 Å². The molecule has 2 N–H and O–H groups in total. The van der Waals surface area contributed by atoms with Crippen molar-refractivity contribution < 1.29 is 53.2 Å². The van der Waals surface area contributed by atoms with Gasteiger partial charge in [0.15, 0.2) is 10.8 Å². The van der Waals surface area contributed by atoms with Gasteiger partial charge in [0.1, 0.15) is 0 Å². The Hall–Kier alpha value is -3.51. The Bertz CT molecular complexity index is 816. The zero-order valence-corrected chi connectivity index (χ0v) is 19.3. The van der Waals surface area contributed by atoms with Gasteiger partial charge in [-0.05, 0) is 25.7 Å². The number of hydrogen-bond donors (Lipinski definition) is 2. The van der Waals surface area contributed by atoms with Gasteiger partial charge in [-0.3, -0.25) is 38.6 Å². The smallest absolute Gasteiger partial charge is 0.420 e. The lowest BCUT2D eigenvalue weighted by atomic mass is 9.82. The minimum atomic E-state index is -3.43. The number of amides is 4. The maximum absolute atomic E-state index is 13.0. The van der Waals surface area contributed by atoms with Crippen molar-refractivity contribution >= 4 is 41.7 Å². The summed E-state index contributed by atoms with van der Waals surface area (Å²) in [5.74, 6) is -13.0. The van der Waals surface area contributed by atoms with Crippen molar-refractivity contribution in [2.45, 2.75) is 59.2 Å². The van der Waals surface area contributed by atoms with Crippen molar-refractivity contribution in [1.82, 2.24) is 9.80 Å². The molecule has 13 nitrogen and oxygen atoms in total. The molecule has 0 radical (unpaired) electrons. The quantitative estimate of drug-likeness (QED) is 0.258. The Labute approximate surface area is 189 Å². The molecule has 0 saturated carbocycles. The molecule has 0 aromatic carbocycles. The largest absolute Gasteiger partial charge is 0.480 e. The maximum atomic E-state index is 13.0. The Morgan fingerprint density at radius 3 is 1.21 bits per heavy atom. The molecule has 184 valence electrons. The molecule has 1 fully saturated rings. The number of barbiturate groups is 1. The number of likely N-dealkylation sites (N-methyl/N-ethyl adjacent to an activating group) is 2. The minimum absolute atomic E-state index is 0.308. The lowest BCUT2D eigenvalue weighted by molar-refractivity contribution is -0.244. The number of imide groups is 2. The third kappa shape index (κ3) is 4.02. The van der Waals surface area contributed by atoms with Crippen molar-refractivity contribution in [3.05, 3.63) is 0 Å². The normalized spacial score (nSPS) is 16.5. The van der Waals surface area contributed by atoms with Gasteiger partial charge in [0.25, 0.3) is 0 Å². The molecule has 1 aliphatic rings. The van der Waals surface area contributed by atoms with Crippen molar-refractivity contribution in [3.63, 3.8) is 0 Å². The number of aliphatic carboxylic acids is 2. The summed E-state index contributed by atoms with van der Waals surface area (Å²) in [5.41, 5.74) is -4.42. The van der Waals surface area contributed by atoms with E-state index in [1.807, 2.05) is 0 Å². The number of hydrogen-bond acceptors (Lipinski definition) is 9. The molecule has 0 atom stereocenters. The number of carbonyl (C=O) groups is 7. The summed E-state index contributed by atoms with van der Waals surface area (Å²) >= 11 is 0. The number of carboxylic acids is 2. The standard InChI is InChI=1S/C20H28N2O11/c1-7-18(8-2,13(25)26)15(29)32-20(11(23)21(5)17(31)22(6)12(20)24)33-16(30)19(9-3,10-4)14(27)28/h7-10H2,1-6H3,(H,25,26)(H,27,28). The number of urea groups is 1. The Kier molecular flexibility index (Phi) is 7.96. The van der Waals surface area contributed by atoms with Crippen LogP contribution in [0.5, 0.6) is 0 Å². The number of carbonyl (C=O) groups excluding carboxylic acids is 5. The molecule has 0 aromatic heterocycles. The summed E-state index contributed by atoms with van der Waals surface area (Å²) in [4.78, 5) is 88.6. The minimum Gasteiger partial charge on any atom is -0.480 e. The average molecular weight is 472 g/mol. The first-order valence-corrected chi connectivity index (χ1v) is 10.2. The summed E-state index contributed by atoms with van der Waals surface area (Å²) in [6.45, 7) is 5.42. The fourth-order valence-corrected chi connectivity index (χ4v) is 3.44. The van der Waals surface area contributed by atoms with Gasteiger partial charge in [-0.15, -0.1) is 0 Å². The van der Waals surface area contributed by atoms with Gasteiger partial charge in [0.2, 0.25) is 0 Å². The number of rotatable bonds is 10. The van der Waals surface area contributed by atoms with Crippen molar-refractivity contribution in [3.8, 4) is 0 Å². The van der Waals surface area contributed by atoms with E-state index >= 15 is 0 Å². The van der Waals surface area contributed by atoms with E-state index in [1.54, 1.807) is 0 Å². The van der Waals surface area contributed by atoms with Crippen LogP contribution in [0.4, 0.5) is 4.79 Å². The second-order valence-electron chi connectivity index (χ2n) is 7.60. The predicted molar refractivity (Wildman–Crippen MR) is 107 cm³/mol. The highest BCUT2D eigenvalue weighted by atomic mass is 16.7. The summed E-state index contributed by atoms with van der Waals surface area (Å²) in [6.07, 6.45) is -1.23. The molecular formula is C20H28N2O11. The highest BCUT2D eigenvalue weighted by Crippen LogP contribution is 2.37. The van der Waals surface area contributed by atoms with Crippen LogP contribution in [0, 0.1) is 10.8 Å².